The molecule has 1 aliphatic rings. The van der Waals surface area contributed by atoms with Crippen LogP contribution in [0.15, 0.2) is 42.7 Å². The van der Waals surface area contributed by atoms with Crippen molar-refractivity contribution >= 4 is 5.91 Å². The summed E-state index contributed by atoms with van der Waals surface area (Å²) in [4.78, 5) is 16.5. The van der Waals surface area contributed by atoms with E-state index >= 15 is 0 Å². The van der Waals surface area contributed by atoms with Crippen LogP contribution in [-0.4, -0.2) is 32.7 Å². The van der Waals surface area contributed by atoms with E-state index in [9.17, 15) is 9.90 Å². The Kier molecular flexibility index (Phi) is 5.30. The lowest BCUT2D eigenvalue weighted by Crippen LogP contribution is -2.48. The van der Waals surface area contributed by atoms with Gasteiger partial charge in [0.1, 0.15) is 5.82 Å². The molecule has 0 bridgehead atoms. The maximum absolute atomic E-state index is 12.4. The molecule has 1 aromatic carbocycles. The third-order valence-electron chi connectivity index (χ3n) is 4.87. The number of hydrogen-bond donors (Lipinski definition) is 2. The Morgan fingerprint density at radius 2 is 2.12 bits per heavy atom. The average Bonchev–Trinajstić information content (AvgIpc) is 2.95. The summed E-state index contributed by atoms with van der Waals surface area (Å²) < 4.78 is 1.99. The minimum absolute atomic E-state index is 0.0606. The first-order valence-corrected chi connectivity index (χ1v) is 8.61. The van der Waals surface area contributed by atoms with Gasteiger partial charge < -0.3 is 15.0 Å². The summed E-state index contributed by atoms with van der Waals surface area (Å²) in [5.41, 5.74) is 1.22. The molecule has 1 saturated carbocycles. The minimum atomic E-state index is -0.209. The van der Waals surface area contributed by atoms with Crippen molar-refractivity contribution in [3.8, 4) is 0 Å². The van der Waals surface area contributed by atoms with E-state index in [2.05, 4.69) is 22.4 Å². The number of carbonyl (C=O) groups excluding carboxylic acids is 1. The molecule has 0 radical (unpaired) electrons. The number of benzene rings is 1. The van der Waals surface area contributed by atoms with Crippen molar-refractivity contribution in [1.29, 1.82) is 0 Å². The first kappa shape index (κ1) is 16.7. The maximum atomic E-state index is 12.4. The molecule has 5 nitrogen and oxygen atoms in total. The lowest BCUT2D eigenvalue weighted by molar-refractivity contribution is -0.123. The summed E-state index contributed by atoms with van der Waals surface area (Å²) in [6.45, 7) is 2.58. The van der Waals surface area contributed by atoms with Gasteiger partial charge in [-0.15, -0.1) is 0 Å². The van der Waals surface area contributed by atoms with Crippen LogP contribution in [0.25, 0.3) is 0 Å². The molecule has 0 aliphatic heterocycles. The minimum Gasteiger partial charge on any atom is -0.393 e. The number of imidazole rings is 1. The van der Waals surface area contributed by atoms with E-state index in [1.165, 1.54) is 5.56 Å². The van der Waals surface area contributed by atoms with Crippen LogP contribution in [-0.2, 0) is 17.8 Å². The van der Waals surface area contributed by atoms with Gasteiger partial charge in [0.05, 0.1) is 6.10 Å². The lowest BCUT2D eigenvalue weighted by atomic mass is 9.75. The van der Waals surface area contributed by atoms with Crippen molar-refractivity contribution in [3.63, 3.8) is 0 Å². The summed E-state index contributed by atoms with van der Waals surface area (Å²) in [6.07, 6.45) is 6.25. The van der Waals surface area contributed by atoms with E-state index in [1.807, 2.05) is 35.9 Å². The summed E-state index contributed by atoms with van der Waals surface area (Å²) in [5.74, 6) is 1.34. The Hall–Kier alpha value is -2.14. The van der Waals surface area contributed by atoms with Crippen molar-refractivity contribution in [2.75, 3.05) is 0 Å². The second-order valence-corrected chi connectivity index (χ2v) is 6.67. The van der Waals surface area contributed by atoms with Crippen LogP contribution < -0.4 is 5.32 Å². The molecule has 1 aliphatic carbocycles. The van der Waals surface area contributed by atoms with Gasteiger partial charge in [-0.3, -0.25) is 4.79 Å². The number of hydrogen-bond acceptors (Lipinski definition) is 3. The van der Waals surface area contributed by atoms with Gasteiger partial charge >= 0.3 is 0 Å². The Labute approximate surface area is 142 Å². The van der Waals surface area contributed by atoms with Gasteiger partial charge in [0, 0.05) is 31.4 Å². The summed E-state index contributed by atoms with van der Waals surface area (Å²) in [6, 6.07) is 10.3. The summed E-state index contributed by atoms with van der Waals surface area (Å²) in [5, 5.41) is 12.8. The number of carbonyl (C=O) groups is 1. The van der Waals surface area contributed by atoms with Gasteiger partial charge in [0.15, 0.2) is 0 Å². The van der Waals surface area contributed by atoms with Crippen LogP contribution in [0, 0.1) is 12.8 Å². The van der Waals surface area contributed by atoms with Crippen LogP contribution in [0.2, 0.25) is 0 Å². The van der Waals surface area contributed by atoms with E-state index in [0.717, 1.165) is 25.1 Å². The molecule has 2 N–H and O–H groups in total. The smallest absolute Gasteiger partial charge is 0.222 e. The van der Waals surface area contributed by atoms with Gasteiger partial charge in [-0.2, -0.15) is 0 Å². The monoisotopic (exact) mass is 327 g/mol. The number of amides is 1. The third kappa shape index (κ3) is 4.23. The molecule has 0 saturated heterocycles. The number of aryl methyl sites for hydroxylation is 2. The molecule has 1 amide bonds. The van der Waals surface area contributed by atoms with E-state index in [0.29, 0.717) is 18.9 Å². The molecule has 2 aromatic rings. The second kappa shape index (κ2) is 7.62. The molecular formula is C19H25N3O2. The Bertz CT molecular complexity index is 662. The highest BCUT2D eigenvalue weighted by Crippen LogP contribution is 2.31. The van der Waals surface area contributed by atoms with Gasteiger partial charge in [-0.25, -0.2) is 4.98 Å². The predicted molar refractivity (Wildman–Crippen MR) is 92.4 cm³/mol. The lowest BCUT2D eigenvalue weighted by Gasteiger charge is -2.38. The van der Waals surface area contributed by atoms with Gasteiger partial charge in [-0.1, -0.05) is 30.3 Å². The molecular weight excluding hydrogens is 302 g/mol. The van der Waals surface area contributed by atoms with Crippen LogP contribution in [0.1, 0.15) is 30.7 Å². The van der Waals surface area contributed by atoms with Crippen molar-refractivity contribution in [2.45, 2.75) is 51.3 Å². The molecule has 1 aromatic heterocycles. The molecule has 1 atom stereocenters. The van der Waals surface area contributed by atoms with Gasteiger partial charge in [0.2, 0.25) is 5.91 Å². The normalized spacial score (nSPS) is 21.1. The van der Waals surface area contributed by atoms with Crippen LogP contribution >= 0.6 is 0 Å². The summed E-state index contributed by atoms with van der Waals surface area (Å²) >= 11 is 0. The van der Waals surface area contributed by atoms with Crippen LogP contribution in [0.4, 0.5) is 0 Å². The number of nitrogens with one attached hydrogen (secondary N) is 1. The topological polar surface area (TPSA) is 67.2 Å². The van der Waals surface area contributed by atoms with E-state index in [1.54, 1.807) is 6.20 Å². The highest BCUT2D eigenvalue weighted by Gasteiger charge is 2.34. The molecule has 128 valence electrons. The zero-order chi connectivity index (χ0) is 16.9. The first-order valence-electron chi connectivity index (χ1n) is 8.61. The standard InChI is InChI=1S/C19H25N3O2/c1-14-20-8-10-22(14)9-7-19(24)21-18(16-12-17(23)13-16)11-15-5-3-2-4-6-15/h2-6,8,10,16-18,23H,7,9,11-13H2,1H3,(H,21,24)/t16?,17?,18-/m1/s1. The van der Waals surface area contributed by atoms with E-state index in [4.69, 9.17) is 0 Å². The van der Waals surface area contributed by atoms with Crippen molar-refractivity contribution < 1.29 is 9.90 Å². The highest BCUT2D eigenvalue weighted by molar-refractivity contribution is 5.76. The molecule has 5 heteroatoms. The zero-order valence-corrected chi connectivity index (χ0v) is 14.1. The highest BCUT2D eigenvalue weighted by atomic mass is 16.3. The number of aliphatic hydroxyl groups excluding tert-OH is 1. The SMILES string of the molecule is Cc1nccn1CCC(=O)N[C@H](Cc1ccccc1)C1CC(O)C1. The number of nitrogens with zero attached hydrogens (tertiary/aromatic N) is 2. The van der Waals surface area contributed by atoms with Gasteiger partial charge in [0.25, 0.3) is 0 Å². The number of aromatic nitrogens is 2. The van der Waals surface area contributed by atoms with Crippen molar-refractivity contribution in [2.24, 2.45) is 5.92 Å². The number of rotatable bonds is 7. The second-order valence-electron chi connectivity index (χ2n) is 6.67. The molecule has 0 spiro atoms. The molecule has 1 heterocycles. The van der Waals surface area contributed by atoms with E-state index < -0.39 is 0 Å². The third-order valence-corrected chi connectivity index (χ3v) is 4.87. The fourth-order valence-electron chi connectivity index (χ4n) is 3.30. The molecule has 0 unspecified atom stereocenters. The fraction of sp³-hybridized carbons (Fsp3) is 0.474. The molecule has 1 fully saturated rings. The Morgan fingerprint density at radius 3 is 2.75 bits per heavy atom. The largest absolute Gasteiger partial charge is 0.393 e. The zero-order valence-electron chi connectivity index (χ0n) is 14.1. The van der Waals surface area contributed by atoms with Crippen LogP contribution in [0.3, 0.4) is 0 Å². The predicted octanol–water partition coefficient (Wildman–Crippen LogP) is 2.08. The molecule has 3 rings (SSSR count). The maximum Gasteiger partial charge on any atom is 0.222 e. The Balaban J connectivity index is 1.56. The quantitative estimate of drug-likeness (QED) is 0.818. The van der Waals surface area contributed by atoms with E-state index in [-0.39, 0.29) is 18.1 Å². The summed E-state index contributed by atoms with van der Waals surface area (Å²) in [7, 11) is 0. The van der Waals surface area contributed by atoms with Crippen molar-refractivity contribution in [1.82, 2.24) is 14.9 Å². The Morgan fingerprint density at radius 1 is 1.38 bits per heavy atom. The first-order chi connectivity index (χ1) is 11.6. The van der Waals surface area contributed by atoms with Crippen molar-refractivity contribution in [3.05, 3.63) is 54.1 Å². The average molecular weight is 327 g/mol. The van der Waals surface area contributed by atoms with Crippen LogP contribution in [0.5, 0.6) is 0 Å². The molecule has 24 heavy (non-hydrogen) atoms. The number of aliphatic hydroxyl groups is 1. The fourth-order valence-corrected chi connectivity index (χ4v) is 3.30. The van der Waals surface area contributed by atoms with Gasteiger partial charge in [-0.05, 0) is 37.7 Å².